The van der Waals surface area contributed by atoms with Crippen LogP contribution < -0.4 is 0 Å². The number of fused-ring (bicyclic) bond motifs is 2. The van der Waals surface area contributed by atoms with Crippen LogP contribution >= 0.6 is 0 Å². The van der Waals surface area contributed by atoms with Gasteiger partial charge in [-0.2, -0.15) is 5.10 Å². The van der Waals surface area contributed by atoms with E-state index in [0.717, 1.165) is 10.5 Å². The Bertz CT molecular complexity index is 1370. The van der Waals surface area contributed by atoms with Crippen molar-refractivity contribution in [3.8, 4) is 11.3 Å². The van der Waals surface area contributed by atoms with E-state index in [2.05, 4.69) is 5.10 Å². The molecule has 2 amide bonds. The summed E-state index contributed by atoms with van der Waals surface area (Å²) in [6, 6.07) is 17.7. The molecule has 0 bridgehead atoms. The van der Waals surface area contributed by atoms with E-state index in [1.807, 2.05) is 44.2 Å². The first-order valence-corrected chi connectivity index (χ1v) is 10.5. The van der Waals surface area contributed by atoms with E-state index in [0.29, 0.717) is 27.9 Å². The van der Waals surface area contributed by atoms with Gasteiger partial charge in [-0.25, -0.2) is 19.4 Å². The van der Waals surface area contributed by atoms with Crippen LogP contribution in [0.25, 0.3) is 22.3 Å². The maximum absolute atomic E-state index is 13.1. The molecular formula is C25H20N4O4. The Hall–Kier alpha value is -4.33. The maximum atomic E-state index is 13.1. The zero-order chi connectivity index (χ0) is 23.1. The molecular weight excluding hydrogens is 420 g/mol. The molecule has 0 N–H and O–H groups in total. The first kappa shape index (κ1) is 20.6. The van der Waals surface area contributed by atoms with Gasteiger partial charge in [0.15, 0.2) is 12.4 Å². The van der Waals surface area contributed by atoms with Crippen LogP contribution in [0.15, 0.2) is 66.9 Å². The highest BCUT2D eigenvalue weighted by molar-refractivity contribution is 6.21. The second-order valence-corrected chi connectivity index (χ2v) is 7.99. The van der Waals surface area contributed by atoms with Crippen LogP contribution in [0.5, 0.6) is 0 Å². The third kappa shape index (κ3) is 3.45. The number of benzene rings is 2. The minimum Gasteiger partial charge on any atom is -0.440 e. The lowest BCUT2D eigenvalue weighted by Crippen LogP contribution is -2.33. The van der Waals surface area contributed by atoms with Gasteiger partial charge in [-0.05, 0) is 32.0 Å². The van der Waals surface area contributed by atoms with Gasteiger partial charge in [0.05, 0.1) is 34.0 Å². The highest BCUT2D eigenvalue weighted by Gasteiger charge is 2.36. The molecule has 5 rings (SSSR count). The molecule has 33 heavy (non-hydrogen) atoms. The summed E-state index contributed by atoms with van der Waals surface area (Å²) in [6.07, 6.45) is 1.58. The summed E-state index contributed by atoms with van der Waals surface area (Å²) in [5.41, 5.74) is 2.86. The number of aromatic nitrogens is 3. The van der Waals surface area contributed by atoms with Gasteiger partial charge in [0.25, 0.3) is 11.8 Å². The third-order valence-electron chi connectivity index (χ3n) is 5.55. The summed E-state index contributed by atoms with van der Waals surface area (Å²) < 4.78 is 7.17. The Morgan fingerprint density at radius 3 is 2.24 bits per heavy atom. The van der Waals surface area contributed by atoms with Crippen molar-refractivity contribution in [2.24, 2.45) is 0 Å². The lowest BCUT2D eigenvalue weighted by Gasteiger charge is -2.15. The minimum atomic E-state index is -0.667. The Morgan fingerprint density at radius 1 is 0.970 bits per heavy atom. The zero-order valence-corrected chi connectivity index (χ0v) is 18.1. The van der Waals surface area contributed by atoms with Gasteiger partial charge in [-0.3, -0.25) is 9.59 Å². The summed E-state index contributed by atoms with van der Waals surface area (Å²) in [7, 11) is 0. The maximum Gasteiger partial charge on any atom is 0.340 e. The Balaban J connectivity index is 1.48. The molecule has 2 aromatic carbocycles. The number of carbonyl (C=O) groups excluding carboxylic acids is 3. The number of carbonyl (C=O) groups is 3. The quantitative estimate of drug-likeness (QED) is 0.343. The van der Waals surface area contributed by atoms with E-state index in [-0.39, 0.29) is 11.6 Å². The van der Waals surface area contributed by atoms with E-state index >= 15 is 0 Å². The van der Waals surface area contributed by atoms with Crippen LogP contribution in [0.3, 0.4) is 0 Å². The second kappa shape index (κ2) is 7.98. The number of pyridine rings is 1. The second-order valence-electron chi connectivity index (χ2n) is 7.99. The Morgan fingerprint density at radius 2 is 1.61 bits per heavy atom. The molecule has 0 fully saturated rings. The van der Waals surface area contributed by atoms with Gasteiger partial charge in [0, 0.05) is 11.6 Å². The SMILES string of the molecule is CC(C)n1ncc2c(C(=O)OCN3C(=O)c4ccccc4C3=O)cc(-c3ccccc3)nc21. The summed E-state index contributed by atoms with van der Waals surface area (Å²) in [5.74, 6) is -1.64. The largest absolute Gasteiger partial charge is 0.440 e. The van der Waals surface area contributed by atoms with Crippen molar-refractivity contribution in [2.45, 2.75) is 19.9 Å². The topological polar surface area (TPSA) is 94.4 Å². The number of rotatable bonds is 5. The van der Waals surface area contributed by atoms with Crippen molar-refractivity contribution >= 4 is 28.8 Å². The molecule has 0 atom stereocenters. The monoisotopic (exact) mass is 440 g/mol. The van der Waals surface area contributed by atoms with Gasteiger partial charge in [-0.15, -0.1) is 0 Å². The smallest absolute Gasteiger partial charge is 0.340 e. The van der Waals surface area contributed by atoms with Crippen LogP contribution in [0, 0.1) is 0 Å². The van der Waals surface area contributed by atoms with Crippen LogP contribution in [0.1, 0.15) is 51.0 Å². The number of hydrogen-bond acceptors (Lipinski definition) is 6. The van der Waals surface area contributed by atoms with Crippen LogP contribution in [-0.2, 0) is 4.74 Å². The molecule has 0 unspecified atom stereocenters. The van der Waals surface area contributed by atoms with Crippen molar-refractivity contribution in [2.75, 3.05) is 6.73 Å². The average molecular weight is 440 g/mol. The van der Waals surface area contributed by atoms with Crippen molar-refractivity contribution in [3.63, 3.8) is 0 Å². The number of amides is 2. The number of hydrogen-bond donors (Lipinski definition) is 0. The van der Waals surface area contributed by atoms with E-state index in [1.165, 1.54) is 0 Å². The van der Waals surface area contributed by atoms with Crippen LogP contribution in [0.4, 0.5) is 0 Å². The molecule has 8 nitrogen and oxygen atoms in total. The van der Waals surface area contributed by atoms with Gasteiger partial charge >= 0.3 is 5.97 Å². The summed E-state index contributed by atoms with van der Waals surface area (Å²) in [4.78, 5) is 43.9. The molecule has 2 aromatic heterocycles. The van der Waals surface area contributed by atoms with Gasteiger partial charge < -0.3 is 4.74 Å². The summed E-state index contributed by atoms with van der Waals surface area (Å²) in [5, 5.41) is 4.93. The van der Waals surface area contributed by atoms with Crippen LogP contribution in [-0.4, -0.2) is 44.2 Å². The molecule has 164 valence electrons. The normalized spacial score (nSPS) is 13.1. The van der Waals surface area contributed by atoms with Crippen molar-refractivity contribution in [1.29, 1.82) is 0 Å². The minimum absolute atomic E-state index is 0.0308. The molecule has 0 saturated carbocycles. The van der Waals surface area contributed by atoms with E-state index in [1.54, 1.807) is 41.2 Å². The fraction of sp³-hybridized carbons (Fsp3) is 0.160. The van der Waals surface area contributed by atoms with Gasteiger partial charge in [0.2, 0.25) is 0 Å². The molecule has 8 heteroatoms. The molecule has 1 aliphatic rings. The first-order valence-electron chi connectivity index (χ1n) is 10.5. The number of ether oxygens (including phenoxy) is 1. The standard InChI is InChI=1S/C25H20N4O4/c1-15(2)29-22-20(13-26-29)19(12-21(27-22)16-8-4-3-5-9-16)25(32)33-14-28-23(30)17-10-6-7-11-18(17)24(28)31/h3-13,15H,14H2,1-2H3. The fourth-order valence-corrected chi connectivity index (χ4v) is 3.88. The average Bonchev–Trinajstić information content (AvgIpc) is 3.37. The molecule has 1 aliphatic heterocycles. The predicted octanol–water partition coefficient (Wildman–Crippen LogP) is 4.09. The summed E-state index contributed by atoms with van der Waals surface area (Å²) >= 11 is 0. The zero-order valence-electron chi connectivity index (χ0n) is 18.1. The Kier molecular flexibility index (Phi) is 4.97. The highest BCUT2D eigenvalue weighted by Crippen LogP contribution is 2.27. The molecule has 3 heterocycles. The molecule has 0 aliphatic carbocycles. The third-order valence-corrected chi connectivity index (χ3v) is 5.55. The molecule has 4 aromatic rings. The lowest BCUT2D eigenvalue weighted by atomic mass is 10.1. The Labute approximate surface area is 189 Å². The van der Waals surface area contributed by atoms with E-state index in [9.17, 15) is 14.4 Å². The number of nitrogens with zero attached hydrogens (tertiary/aromatic N) is 4. The fourth-order valence-electron chi connectivity index (χ4n) is 3.88. The number of imide groups is 1. The predicted molar refractivity (Wildman–Crippen MR) is 121 cm³/mol. The molecule has 0 spiro atoms. The first-order chi connectivity index (χ1) is 16.0. The summed E-state index contributed by atoms with van der Waals surface area (Å²) in [6.45, 7) is 3.47. The van der Waals surface area contributed by atoms with Gasteiger partial charge in [-0.1, -0.05) is 42.5 Å². The van der Waals surface area contributed by atoms with Crippen molar-refractivity contribution in [3.05, 3.63) is 83.6 Å². The molecule has 0 saturated heterocycles. The number of esters is 1. The van der Waals surface area contributed by atoms with Crippen molar-refractivity contribution < 1.29 is 19.1 Å². The van der Waals surface area contributed by atoms with Crippen molar-refractivity contribution in [1.82, 2.24) is 19.7 Å². The van der Waals surface area contributed by atoms with E-state index in [4.69, 9.17) is 9.72 Å². The lowest BCUT2D eigenvalue weighted by molar-refractivity contribution is 0.0229. The van der Waals surface area contributed by atoms with E-state index < -0.39 is 24.5 Å². The van der Waals surface area contributed by atoms with Crippen LogP contribution in [0.2, 0.25) is 0 Å². The molecule has 0 radical (unpaired) electrons. The highest BCUT2D eigenvalue weighted by atomic mass is 16.5. The van der Waals surface area contributed by atoms with Gasteiger partial charge in [0.1, 0.15) is 0 Å².